The van der Waals surface area contributed by atoms with Gasteiger partial charge in [0.2, 0.25) is 5.91 Å². The third kappa shape index (κ3) is 3.10. The number of ether oxygens (including phenoxy) is 3. The van der Waals surface area contributed by atoms with E-state index in [4.69, 9.17) is 19.0 Å². The number of methoxy groups -OCH3 is 2. The Bertz CT molecular complexity index is 1280. The van der Waals surface area contributed by atoms with E-state index in [1.807, 2.05) is 18.2 Å². The second-order valence-corrected chi connectivity index (χ2v) is 8.88. The van der Waals surface area contributed by atoms with Gasteiger partial charge in [-0.05, 0) is 23.3 Å². The number of nitrogens with one attached hydrogen (secondary N) is 1. The first kappa shape index (κ1) is 23.9. The van der Waals surface area contributed by atoms with Crippen LogP contribution in [-0.4, -0.2) is 48.7 Å². The van der Waals surface area contributed by atoms with Crippen molar-refractivity contribution in [3.8, 4) is 23.0 Å². The number of aromatic hydroxyl groups is 1. The number of carbonyl (C=O) groups is 1. The van der Waals surface area contributed by atoms with Crippen molar-refractivity contribution in [2.75, 3.05) is 21.3 Å². The molecular weight excluding hydrogens is 466 g/mol. The van der Waals surface area contributed by atoms with Crippen LogP contribution in [0.2, 0.25) is 0 Å². The van der Waals surface area contributed by atoms with Crippen molar-refractivity contribution in [2.24, 2.45) is 5.92 Å². The molecule has 1 saturated carbocycles. The maximum absolute atomic E-state index is 13.4. The number of hydrogen-bond acceptors (Lipinski definition) is 8. The fourth-order valence-corrected chi connectivity index (χ4v) is 5.83. The average Bonchev–Trinajstić information content (AvgIpc) is 3.27. The average molecular weight is 494 g/mol. The van der Waals surface area contributed by atoms with E-state index in [1.165, 1.54) is 33.5 Å². The number of hydrogen-bond donors (Lipinski definition) is 4. The van der Waals surface area contributed by atoms with E-state index in [0.29, 0.717) is 16.9 Å². The van der Waals surface area contributed by atoms with Gasteiger partial charge in [-0.15, -0.1) is 0 Å². The molecule has 0 unspecified atom stereocenters. The summed E-state index contributed by atoms with van der Waals surface area (Å²) in [4.78, 5) is 18.2. The maximum atomic E-state index is 13.4. The Balaban J connectivity index is 1.88. The zero-order valence-corrected chi connectivity index (χ0v) is 20.0. The van der Waals surface area contributed by atoms with Crippen molar-refractivity contribution >= 4 is 5.91 Å². The first-order valence-corrected chi connectivity index (χ1v) is 11.4. The maximum Gasteiger partial charge on any atom is 0.250 e. The van der Waals surface area contributed by atoms with E-state index < -0.39 is 35.0 Å². The van der Waals surface area contributed by atoms with Gasteiger partial charge in [0.25, 0.3) is 0 Å². The second-order valence-electron chi connectivity index (χ2n) is 8.88. The highest BCUT2D eigenvalue weighted by Gasteiger charge is 2.78. The van der Waals surface area contributed by atoms with Crippen LogP contribution >= 0.6 is 0 Å². The highest BCUT2D eigenvalue weighted by molar-refractivity contribution is 5.82. The van der Waals surface area contributed by atoms with Gasteiger partial charge in [-0.1, -0.05) is 42.5 Å². The Kier molecular flexibility index (Phi) is 5.78. The van der Waals surface area contributed by atoms with Crippen molar-refractivity contribution in [3.05, 3.63) is 83.4 Å². The lowest BCUT2D eigenvalue weighted by molar-refractivity contribution is -0.157. The first-order chi connectivity index (χ1) is 17.3. The van der Waals surface area contributed by atoms with E-state index in [-0.39, 0.29) is 22.8 Å². The molecule has 3 aromatic carbocycles. The minimum Gasteiger partial charge on any atom is -0.508 e. The van der Waals surface area contributed by atoms with E-state index in [2.05, 4.69) is 5.48 Å². The van der Waals surface area contributed by atoms with Gasteiger partial charge < -0.3 is 29.5 Å². The Morgan fingerprint density at radius 3 is 2.31 bits per heavy atom. The van der Waals surface area contributed by atoms with Crippen molar-refractivity contribution in [3.63, 3.8) is 0 Å². The summed E-state index contributed by atoms with van der Waals surface area (Å²) in [6, 6.07) is 18.4. The molecule has 0 saturated heterocycles. The molecule has 1 aliphatic carbocycles. The molecule has 1 amide bonds. The van der Waals surface area contributed by atoms with Gasteiger partial charge in [0.15, 0.2) is 11.2 Å². The zero-order chi connectivity index (χ0) is 25.7. The molecule has 1 aliphatic heterocycles. The van der Waals surface area contributed by atoms with Gasteiger partial charge in [0.1, 0.15) is 29.1 Å². The van der Waals surface area contributed by atoms with Gasteiger partial charge in [0.05, 0.1) is 32.8 Å². The number of hydroxylamine groups is 1. The number of phenols is 1. The van der Waals surface area contributed by atoms with Crippen molar-refractivity contribution < 1.29 is 39.2 Å². The summed E-state index contributed by atoms with van der Waals surface area (Å²) < 4.78 is 17.7. The van der Waals surface area contributed by atoms with E-state index in [1.54, 1.807) is 36.4 Å². The van der Waals surface area contributed by atoms with Crippen LogP contribution in [0.25, 0.3) is 0 Å². The topological polar surface area (TPSA) is 127 Å². The quantitative estimate of drug-likeness (QED) is 0.386. The van der Waals surface area contributed by atoms with Crippen LogP contribution in [0.5, 0.6) is 23.0 Å². The third-order valence-electron chi connectivity index (χ3n) is 7.24. The summed E-state index contributed by atoms with van der Waals surface area (Å²) >= 11 is 0. The molecule has 9 heteroatoms. The Morgan fingerprint density at radius 2 is 1.69 bits per heavy atom. The van der Waals surface area contributed by atoms with E-state index >= 15 is 0 Å². The third-order valence-corrected chi connectivity index (χ3v) is 7.24. The molecule has 9 nitrogen and oxygen atoms in total. The van der Waals surface area contributed by atoms with Crippen LogP contribution in [0.1, 0.15) is 22.6 Å². The summed E-state index contributed by atoms with van der Waals surface area (Å²) in [5, 5.41) is 34.5. The second kappa shape index (κ2) is 8.70. The number of rotatable bonds is 6. The molecule has 1 fully saturated rings. The molecule has 0 radical (unpaired) electrons. The molecule has 188 valence electrons. The smallest absolute Gasteiger partial charge is 0.250 e. The number of aliphatic hydroxyl groups is 2. The van der Waals surface area contributed by atoms with Crippen molar-refractivity contribution in [1.29, 1.82) is 0 Å². The number of amides is 1. The summed E-state index contributed by atoms with van der Waals surface area (Å²) in [5.74, 6) is -1.80. The predicted molar refractivity (Wildman–Crippen MR) is 128 cm³/mol. The fourth-order valence-electron chi connectivity index (χ4n) is 5.83. The molecule has 0 spiro atoms. The highest BCUT2D eigenvalue weighted by Crippen LogP contribution is 2.70. The Labute approximate surface area is 207 Å². The summed E-state index contributed by atoms with van der Waals surface area (Å²) in [5.41, 5.74) is -0.237. The minimum absolute atomic E-state index is 0.0110. The number of phenolic OH excluding ortho intramolecular Hbond substituents is 1. The van der Waals surface area contributed by atoms with Crippen LogP contribution in [-0.2, 0) is 20.8 Å². The van der Waals surface area contributed by atoms with Gasteiger partial charge >= 0.3 is 0 Å². The fraction of sp³-hybridized carbons (Fsp3) is 0.296. The molecule has 1 heterocycles. The van der Waals surface area contributed by atoms with E-state index in [0.717, 1.165) is 0 Å². The lowest BCUT2D eigenvalue weighted by Crippen LogP contribution is -2.52. The van der Waals surface area contributed by atoms with Gasteiger partial charge in [-0.2, -0.15) is 0 Å². The molecule has 0 bridgehead atoms. The predicted octanol–water partition coefficient (Wildman–Crippen LogP) is 2.34. The number of aliphatic hydroxyl groups excluding tert-OH is 1. The summed E-state index contributed by atoms with van der Waals surface area (Å²) in [6.07, 6.45) is -1.64. The first-order valence-electron chi connectivity index (χ1n) is 11.4. The highest BCUT2D eigenvalue weighted by atomic mass is 16.6. The molecule has 4 N–H and O–H groups in total. The SMILES string of the molecule is CONC(=O)[C@@H]1[C@@H](O)[C@@]2(O)c3c(OC)cc(OC)cc3O[C@@]2(c2ccc(O)cc2)[C@H]1c1ccccc1. The van der Waals surface area contributed by atoms with Crippen molar-refractivity contribution in [2.45, 2.75) is 23.2 Å². The van der Waals surface area contributed by atoms with Gasteiger partial charge in [-0.25, -0.2) is 5.48 Å². The molecule has 2 aliphatic rings. The lowest BCUT2D eigenvalue weighted by Gasteiger charge is -2.40. The van der Waals surface area contributed by atoms with Crippen molar-refractivity contribution in [1.82, 2.24) is 5.48 Å². The summed E-state index contributed by atoms with van der Waals surface area (Å²) in [6.45, 7) is 0. The van der Waals surface area contributed by atoms with Crippen LogP contribution in [0.4, 0.5) is 0 Å². The monoisotopic (exact) mass is 493 g/mol. The molecule has 5 atom stereocenters. The number of carbonyl (C=O) groups excluding carboxylic acids is 1. The number of benzene rings is 3. The minimum atomic E-state index is -2.15. The van der Waals surface area contributed by atoms with Crippen LogP contribution < -0.4 is 19.7 Å². The van der Waals surface area contributed by atoms with E-state index in [9.17, 15) is 20.1 Å². The Hall–Kier alpha value is -3.79. The molecule has 36 heavy (non-hydrogen) atoms. The summed E-state index contributed by atoms with van der Waals surface area (Å²) in [7, 11) is 4.22. The van der Waals surface area contributed by atoms with Gasteiger partial charge in [0, 0.05) is 18.1 Å². The standard InChI is InChI=1S/C27H27NO8/c1-33-18-13-19(34-2)23-20(14-18)36-27(16-9-11-17(29)12-10-16)22(15-7-5-4-6-8-15)21(25(31)28-35-3)24(30)26(23,27)32/h4-14,21-22,24,29-30,32H,1-3H3,(H,28,31)/t21-,22-,24+,26-,27-/m0/s1. The molecular formula is C27H27NO8. The molecule has 3 aromatic rings. The molecule has 5 rings (SSSR count). The zero-order valence-electron chi connectivity index (χ0n) is 20.0. The van der Waals surface area contributed by atoms with Crippen LogP contribution in [0.15, 0.2) is 66.7 Å². The lowest BCUT2D eigenvalue weighted by atomic mass is 9.70. The van der Waals surface area contributed by atoms with Crippen LogP contribution in [0, 0.1) is 5.92 Å². The number of fused-ring (bicyclic) bond motifs is 3. The Morgan fingerprint density at radius 1 is 1.00 bits per heavy atom. The van der Waals surface area contributed by atoms with Gasteiger partial charge in [-0.3, -0.25) is 9.63 Å². The molecule has 0 aromatic heterocycles. The van der Waals surface area contributed by atoms with Crippen LogP contribution in [0.3, 0.4) is 0 Å². The largest absolute Gasteiger partial charge is 0.508 e. The normalized spacial score (nSPS) is 28.1.